The number of para-hydroxylation sites is 1. The van der Waals surface area contributed by atoms with Gasteiger partial charge in [0.15, 0.2) is 11.6 Å². The van der Waals surface area contributed by atoms with Crippen molar-refractivity contribution in [2.24, 2.45) is 0 Å². The monoisotopic (exact) mass is 393 g/mol. The molecule has 0 spiro atoms. The van der Waals surface area contributed by atoms with Gasteiger partial charge in [-0.1, -0.05) is 84.9 Å². The summed E-state index contributed by atoms with van der Waals surface area (Å²) in [7, 11) is 0. The van der Waals surface area contributed by atoms with Crippen LogP contribution in [0.3, 0.4) is 0 Å². The first-order valence-corrected chi connectivity index (χ1v) is 9.92. The lowest BCUT2D eigenvalue weighted by Crippen LogP contribution is -1.97. The molecule has 0 atom stereocenters. The average Bonchev–Trinajstić information content (AvgIpc) is 3.19. The van der Waals surface area contributed by atoms with E-state index in [1.807, 2.05) is 72.8 Å². The molecule has 0 saturated heterocycles. The number of fused-ring (bicyclic) bond motifs is 1. The predicted octanol–water partition coefficient (Wildman–Crippen LogP) is 7.22. The molecule has 0 radical (unpaired) electrons. The van der Waals surface area contributed by atoms with Crippen LogP contribution in [0.5, 0.6) is 5.75 Å². The van der Waals surface area contributed by atoms with Crippen LogP contribution in [0, 0.1) is 5.82 Å². The lowest BCUT2D eigenvalue weighted by atomic mass is 9.98. The lowest BCUT2D eigenvalue weighted by Gasteiger charge is -2.10. The summed E-state index contributed by atoms with van der Waals surface area (Å²) in [6, 6.07) is 33.2. The number of H-pyrrole nitrogens is 1. The van der Waals surface area contributed by atoms with Crippen molar-refractivity contribution >= 4 is 10.9 Å². The molecule has 30 heavy (non-hydrogen) atoms. The van der Waals surface area contributed by atoms with E-state index in [1.165, 1.54) is 0 Å². The number of benzene rings is 4. The SMILES string of the molecule is Fc1cc(-c2c(-c3ccccc3)[nH]c3ccccc23)ccc1OCc1ccccc1. The van der Waals surface area contributed by atoms with E-state index in [-0.39, 0.29) is 11.6 Å². The second-order valence-corrected chi connectivity index (χ2v) is 7.21. The van der Waals surface area contributed by atoms with Gasteiger partial charge in [0.25, 0.3) is 0 Å². The van der Waals surface area contributed by atoms with Gasteiger partial charge >= 0.3 is 0 Å². The molecule has 0 amide bonds. The minimum atomic E-state index is -0.368. The Kier molecular flexibility index (Phi) is 4.78. The molecule has 3 heteroatoms. The zero-order valence-electron chi connectivity index (χ0n) is 16.3. The quantitative estimate of drug-likeness (QED) is 0.335. The third kappa shape index (κ3) is 3.46. The zero-order chi connectivity index (χ0) is 20.3. The fourth-order valence-corrected chi connectivity index (χ4v) is 3.77. The Morgan fingerprint density at radius 2 is 1.40 bits per heavy atom. The largest absolute Gasteiger partial charge is 0.486 e. The molecule has 0 aliphatic heterocycles. The molecule has 0 unspecified atom stereocenters. The summed E-state index contributed by atoms with van der Waals surface area (Å²) in [5.41, 5.74) is 5.88. The fraction of sp³-hybridized carbons (Fsp3) is 0.0370. The van der Waals surface area contributed by atoms with Gasteiger partial charge in [-0.25, -0.2) is 4.39 Å². The van der Waals surface area contributed by atoms with Crippen LogP contribution >= 0.6 is 0 Å². The minimum absolute atomic E-state index is 0.253. The normalized spacial score (nSPS) is 11.0. The Balaban J connectivity index is 1.55. The number of hydrogen-bond donors (Lipinski definition) is 1. The highest BCUT2D eigenvalue weighted by Crippen LogP contribution is 2.39. The van der Waals surface area contributed by atoms with Crippen molar-refractivity contribution in [3.63, 3.8) is 0 Å². The van der Waals surface area contributed by atoms with E-state index >= 15 is 0 Å². The summed E-state index contributed by atoms with van der Waals surface area (Å²) in [5.74, 6) is -0.114. The molecule has 0 aliphatic carbocycles. The van der Waals surface area contributed by atoms with Crippen LogP contribution in [0.1, 0.15) is 5.56 Å². The van der Waals surface area contributed by atoms with E-state index in [9.17, 15) is 4.39 Å². The summed E-state index contributed by atoms with van der Waals surface area (Å²) >= 11 is 0. The highest BCUT2D eigenvalue weighted by Gasteiger charge is 2.16. The molecule has 0 fully saturated rings. The number of aromatic amines is 1. The van der Waals surface area contributed by atoms with Crippen molar-refractivity contribution in [1.82, 2.24) is 4.98 Å². The highest BCUT2D eigenvalue weighted by atomic mass is 19.1. The van der Waals surface area contributed by atoms with E-state index < -0.39 is 0 Å². The van der Waals surface area contributed by atoms with Crippen LogP contribution in [-0.2, 0) is 6.61 Å². The maximum Gasteiger partial charge on any atom is 0.165 e. The molecule has 1 heterocycles. The molecule has 2 nitrogen and oxygen atoms in total. The van der Waals surface area contributed by atoms with Gasteiger partial charge in [-0.15, -0.1) is 0 Å². The second-order valence-electron chi connectivity index (χ2n) is 7.21. The maximum atomic E-state index is 14.9. The van der Waals surface area contributed by atoms with Gasteiger partial charge in [0.1, 0.15) is 6.61 Å². The van der Waals surface area contributed by atoms with Gasteiger partial charge in [-0.05, 0) is 34.9 Å². The Morgan fingerprint density at radius 1 is 0.700 bits per heavy atom. The number of aromatic nitrogens is 1. The van der Waals surface area contributed by atoms with Crippen LogP contribution in [0.15, 0.2) is 103 Å². The van der Waals surface area contributed by atoms with Gasteiger partial charge in [-0.3, -0.25) is 0 Å². The van der Waals surface area contributed by atoms with E-state index in [0.717, 1.165) is 38.9 Å². The van der Waals surface area contributed by atoms with E-state index in [1.54, 1.807) is 12.1 Å². The van der Waals surface area contributed by atoms with Crippen LogP contribution in [0.2, 0.25) is 0 Å². The van der Waals surface area contributed by atoms with Crippen LogP contribution in [0.4, 0.5) is 4.39 Å². The van der Waals surface area contributed by atoms with Gasteiger partial charge < -0.3 is 9.72 Å². The van der Waals surface area contributed by atoms with Crippen molar-refractivity contribution in [2.45, 2.75) is 6.61 Å². The Bertz CT molecular complexity index is 1290. The second kappa shape index (κ2) is 7.88. The van der Waals surface area contributed by atoms with E-state index in [0.29, 0.717) is 6.61 Å². The van der Waals surface area contributed by atoms with Crippen LogP contribution in [-0.4, -0.2) is 4.98 Å². The molecule has 0 aliphatic rings. The topological polar surface area (TPSA) is 25.0 Å². The standard InChI is InChI=1S/C27H20FNO/c28-23-17-21(15-16-25(23)30-18-19-9-3-1-4-10-19)26-22-13-7-8-14-24(22)29-27(26)20-11-5-2-6-12-20/h1-17,29H,18H2. The molecular formula is C27H20FNO. The maximum absolute atomic E-state index is 14.9. The summed E-state index contributed by atoms with van der Waals surface area (Å²) in [5, 5.41) is 1.06. The first kappa shape index (κ1) is 18.2. The molecule has 5 aromatic rings. The minimum Gasteiger partial charge on any atom is -0.486 e. The summed E-state index contributed by atoms with van der Waals surface area (Å²) in [6.07, 6.45) is 0. The summed E-state index contributed by atoms with van der Waals surface area (Å²) in [6.45, 7) is 0.333. The number of rotatable bonds is 5. The smallest absolute Gasteiger partial charge is 0.165 e. The van der Waals surface area contributed by atoms with Gasteiger partial charge in [0, 0.05) is 16.5 Å². The molecule has 5 rings (SSSR count). The highest BCUT2D eigenvalue weighted by molar-refractivity contribution is 6.03. The van der Waals surface area contributed by atoms with Gasteiger partial charge in [0.05, 0.1) is 5.69 Å². The Morgan fingerprint density at radius 3 is 2.17 bits per heavy atom. The van der Waals surface area contributed by atoms with Crippen LogP contribution in [0.25, 0.3) is 33.3 Å². The number of hydrogen-bond acceptors (Lipinski definition) is 1. The average molecular weight is 393 g/mol. The van der Waals surface area contributed by atoms with Crippen molar-refractivity contribution in [3.05, 3.63) is 115 Å². The molecule has 0 saturated carbocycles. The van der Waals surface area contributed by atoms with Crippen molar-refractivity contribution in [3.8, 4) is 28.1 Å². The van der Waals surface area contributed by atoms with Crippen molar-refractivity contribution in [1.29, 1.82) is 0 Å². The predicted molar refractivity (Wildman–Crippen MR) is 120 cm³/mol. The van der Waals surface area contributed by atoms with E-state index in [2.05, 4.69) is 23.2 Å². The molecular weight excluding hydrogens is 373 g/mol. The molecule has 4 aromatic carbocycles. The van der Waals surface area contributed by atoms with Gasteiger partial charge in [0.2, 0.25) is 0 Å². The molecule has 1 N–H and O–H groups in total. The first-order chi connectivity index (χ1) is 14.8. The van der Waals surface area contributed by atoms with Crippen LogP contribution < -0.4 is 4.74 Å². The number of halogens is 1. The third-order valence-electron chi connectivity index (χ3n) is 5.23. The molecule has 1 aromatic heterocycles. The first-order valence-electron chi connectivity index (χ1n) is 9.92. The van der Waals surface area contributed by atoms with E-state index in [4.69, 9.17) is 4.74 Å². The number of ether oxygens (including phenoxy) is 1. The van der Waals surface area contributed by atoms with Crippen molar-refractivity contribution < 1.29 is 9.13 Å². The molecule has 146 valence electrons. The van der Waals surface area contributed by atoms with Gasteiger partial charge in [-0.2, -0.15) is 0 Å². The summed E-state index contributed by atoms with van der Waals surface area (Å²) in [4.78, 5) is 3.51. The van der Waals surface area contributed by atoms with Crippen molar-refractivity contribution in [2.75, 3.05) is 0 Å². The Hall–Kier alpha value is -3.85. The number of nitrogens with one attached hydrogen (secondary N) is 1. The fourth-order valence-electron chi connectivity index (χ4n) is 3.77. The summed E-state index contributed by atoms with van der Waals surface area (Å²) < 4.78 is 20.7. The zero-order valence-corrected chi connectivity index (χ0v) is 16.3. The Labute approximate surface area is 174 Å². The third-order valence-corrected chi connectivity index (χ3v) is 5.23. The lowest BCUT2D eigenvalue weighted by molar-refractivity contribution is 0.290. The molecule has 0 bridgehead atoms.